The molecule has 160 valence electrons. The molecule has 6 nitrogen and oxygen atoms in total. The first-order valence-electron chi connectivity index (χ1n) is 10.0. The molecule has 0 unspecified atom stereocenters. The Morgan fingerprint density at radius 2 is 1.94 bits per heavy atom. The minimum atomic E-state index is -0.158. The van der Waals surface area contributed by atoms with Gasteiger partial charge in [0.1, 0.15) is 5.75 Å². The summed E-state index contributed by atoms with van der Waals surface area (Å²) in [7, 11) is 0. The van der Waals surface area contributed by atoms with E-state index < -0.39 is 0 Å². The number of amides is 1. The van der Waals surface area contributed by atoms with Crippen LogP contribution in [0.4, 0.5) is 11.4 Å². The van der Waals surface area contributed by atoms with Gasteiger partial charge < -0.3 is 10.1 Å². The van der Waals surface area contributed by atoms with Gasteiger partial charge in [-0.2, -0.15) is 5.10 Å². The molecular weight excluding hydrogens is 440 g/mol. The van der Waals surface area contributed by atoms with Crippen molar-refractivity contribution < 1.29 is 9.53 Å². The predicted octanol–water partition coefficient (Wildman–Crippen LogP) is 5.34. The zero-order valence-corrected chi connectivity index (χ0v) is 19.2. The molecule has 1 aliphatic rings. The number of nitrogens with zero attached hydrogens (tertiary/aromatic N) is 3. The SMILES string of the molecule is Cc1cccc(C)c1N=c1scc(-c2ccc3c(c2)NC(=O)CO3)n1N=Cc1cccs1. The number of rotatable bonds is 4. The lowest BCUT2D eigenvalue weighted by Crippen LogP contribution is -2.25. The molecule has 4 aromatic rings. The molecule has 0 saturated carbocycles. The summed E-state index contributed by atoms with van der Waals surface area (Å²) >= 11 is 3.15. The summed E-state index contributed by atoms with van der Waals surface area (Å²) in [6, 6.07) is 15.9. The van der Waals surface area contributed by atoms with E-state index in [-0.39, 0.29) is 12.5 Å². The maximum Gasteiger partial charge on any atom is 0.262 e. The molecular formula is C24H20N4O2S2. The summed E-state index contributed by atoms with van der Waals surface area (Å²) in [5.41, 5.74) is 5.64. The van der Waals surface area contributed by atoms with Crippen molar-refractivity contribution in [1.82, 2.24) is 4.68 Å². The van der Waals surface area contributed by atoms with E-state index in [2.05, 4.69) is 31.3 Å². The third-order valence-corrected chi connectivity index (χ3v) is 6.71. The van der Waals surface area contributed by atoms with Gasteiger partial charge in [-0.1, -0.05) is 24.3 Å². The average molecular weight is 461 g/mol. The summed E-state index contributed by atoms with van der Waals surface area (Å²) < 4.78 is 7.35. The lowest BCUT2D eigenvalue weighted by atomic mass is 10.1. The number of aryl methyl sites for hydroxylation is 2. The van der Waals surface area contributed by atoms with Crippen molar-refractivity contribution in [3.05, 3.63) is 80.1 Å². The Morgan fingerprint density at radius 1 is 1.09 bits per heavy atom. The summed E-state index contributed by atoms with van der Waals surface area (Å²) in [6.07, 6.45) is 1.84. The Labute approximate surface area is 193 Å². The van der Waals surface area contributed by atoms with Gasteiger partial charge in [0.25, 0.3) is 5.91 Å². The average Bonchev–Trinajstić information content (AvgIpc) is 3.44. The number of thiophene rings is 1. The Kier molecular flexibility index (Phi) is 5.46. The minimum Gasteiger partial charge on any atom is -0.482 e. The van der Waals surface area contributed by atoms with Gasteiger partial charge in [0.05, 0.1) is 23.3 Å². The first-order chi connectivity index (χ1) is 15.6. The highest BCUT2D eigenvalue weighted by atomic mass is 32.1. The van der Waals surface area contributed by atoms with E-state index in [9.17, 15) is 4.79 Å². The number of benzene rings is 2. The molecule has 8 heteroatoms. The van der Waals surface area contributed by atoms with Gasteiger partial charge in [-0.25, -0.2) is 9.67 Å². The van der Waals surface area contributed by atoms with Crippen molar-refractivity contribution in [3.63, 3.8) is 0 Å². The number of fused-ring (bicyclic) bond motifs is 1. The molecule has 1 N–H and O–H groups in total. The molecule has 0 aliphatic carbocycles. The topological polar surface area (TPSA) is 68.0 Å². The number of anilines is 1. The van der Waals surface area contributed by atoms with E-state index >= 15 is 0 Å². The fourth-order valence-corrected chi connectivity index (χ4v) is 4.91. The summed E-state index contributed by atoms with van der Waals surface area (Å²) in [4.78, 5) is 18.6. The summed E-state index contributed by atoms with van der Waals surface area (Å²) in [5.74, 6) is 0.506. The lowest BCUT2D eigenvalue weighted by molar-refractivity contribution is -0.118. The largest absolute Gasteiger partial charge is 0.482 e. The van der Waals surface area contributed by atoms with Crippen LogP contribution in [0.1, 0.15) is 16.0 Å². The van der Waals surface area contributed by atoms with Crippen molar-refractivity contribution in [2.45, 2.75) is 13.8 Å². The second-order valence-electron chi connectivity index (χ2n) is 7.38. The van der Waals surface area contributed by atoms with E-state index in [1.165, 1.54) is 11.3 Å². The van der Waals surface area contributed by atoms with Crippen molar-refractivity contribution in [2.24, 2.45) is 10.1 Å². The highest BCUT2D eigenvalue weighted by Crippen LogP contribution is 2.33. The smallest absolute Gasteiger partial charge is 0.262 e. The number of aromatic nitrogens is 1. The third-order valence-electron chi connectivity index (χ3n) is 5.08. The molecule has 0 radical (unpaired) electrons. The molecule has 2 aromatic heterocycles. The highest BCUT2D eigenvalue weighted by molar-refractivity contribution is 7.11. The molecule has 0 atom stereocenters. The van der Waals surface area contributed by atoms with Crippen LogP contribution in [0.15, 0.2) is 69.4 Å². The van der Waals surface area contributed by atoms with E-state index in [1.807, 2.05) is 58.0 Å². The number of thiazole rings is 1. The zero-order valence-electron chi connectivity index (χ0n) is 17.5. The number of carbonyl (C=O) groups excluding carboxylic acids is 1. The Balaban J connectivity index is 1.66. The molecule has 1 aliphatic heterocycles. The lowest BCUT2D eigenvalue weighted by Gasteiger charge is -2.18. The van der Waals surface area contributed by atoms with Gasteiger partial charge in [0, 0.05) is 15.8 Å². The molecule has 32 heavy (non-hydrogen) atoms. The van der Waals surface area contributed by atoms with Gasteiger partial charge in [-0.3, -0.25) is 4.79 Å². The normalized spacial score (nSPS) is 13.8. The van der Waals surface area contributed by atoms with Gasteiger partial charge >= 0.3 is 0 Å². The second-order valence-corrected chi connectivity index (χ2v) is 9.19. The fourth-order valence-electron chi connectivity index (χ4n) is 3.49. The number of nitrogens with one attached hydrogen (secondary N) is 1. The maximum atomic E-state index is 11.8. The van der Waals surface area contributed by atoms with Crippen LogP contribution < -0.4 is 14.9 Å². The van der Waals surface area contributed by atoms with E-state index in [1.54, 1.807) is 11.3 Å². The van der Waals surface area contributed by atoms with Crippen molar-refractivity contribution in [3.8, 4) is 17.0 Å². The van der Waals surface area contributed by atoms with Crippen molar-refractivity contribution in [1.29, 1.82) is 0 Å². The number of hydrogen-bond acceptors (Lipinski definition) is 6. The first kappa shape index (κ1) is 20.4. The summed E-state index contributed by atoms with van der Waals surface area (Å²) in [6.45, 7) is 4.16. The van der Waals surface area contributed by atoms with Gasteiger partial charge in [0.15, 0.2) is 6.61 Å². The van der Waals surface area contributed by atoms with Gasteiger partial charge in [-0.05, 0) is 54.6 Å². The quantitative estimate of drug-likeness (QED) is 0.418. The molecule has 1 amide bonds. The Morgan fingerprint density at radius 3 is 2.72 bits per heavy atom. The number of hydrogen-bond donors (Lipinski definition) is 1. The van der Waals surface area contributed by atoms with E-state index in [0.29, 0.717) is 11.4 Å². The van der Waals surface area contributed by atoms with Crippen LogP contribution in [-0.2, 0) is 4.79 Å². The molecule has 5 rings (SSSR count). The zero-order chi connectivity index (χ0) is 22.1. The second kappa shape index (κ2) is 8.57. The Bertz CT molecular complexity index is 1380. The Hall–Kier alpha value is -3.49. The highest BCUT2D eigenvalue weighted by Gasteiger charge is 2.18. The maximum absolute atomic E-state index is 11.8. The molecule has 0 saturated heterocycles. The van der Waals surface area contributed by atoms with Crippen LogP contribution in [0, 0.1) is 13.8 Å². The molecule has 2 aromatic carbocycles. The van der Waals surface area contributed by atoms with Gasteiger partial charge in [0.2, 0.25) is 4.80 Å². The third kappa shape index (κ3) is 4.02. The minimum absolute atomic E-state index is 0.0364. The molecule has 0 spiro atoms. The van der Waals surface area contributed by atoms with Crippen LogP contribution in [0.3, 0.4) is 0 Å². The van der Waals surface area contributed by atoms with Crippen LogP contribution >= 0.6 is 22.7 Å². The number of carbonyl (C=O) groups is 1. The van der Waals surface area contributed by atoms with E-state index in [0.717, 1.165) is 37.8 Å². The molecule has 3 heterocycles. The number of ether oxygens (including phenoxy) is 1. The van der Waals surface area contributed by atoms with Crippen LogP contribution in [-0.4, -0.2) is 23.4 Å². The van der Waals surface area contributed by atoms with E-state index in [4.69, 9.17) is 14.8 Å². The monoisotopic (exact) mass is 460 g/mol. The summed E-state index contributed by atoms with van der Waals surface area (Å²) in [5, 5.41) is 11.7. The molecule has 0 fully saturated rings. The van der Waals surface area contributed by atoms with Crippen molar-refractivity contribution >= 4 is 46.2 Å². The standard InChI is InChI=1S/C24H20N4O2S2/c1-15-5-3-6-16(2)23(15)27-24-28(25-12-18-7-4-10-31-18)20(14-32-24)17-8-9-21-19(11-17)26-22(29)13-30-21/h3-12,14H,13H2,1-2H3,(H,26,29). The number of para-hydroxylation sites is 1. The van der Waals surface area contributed by atoms with Crippen molar-refractivity contribution in [2.75, 3.05) is 11.9 Å². The van der Waals surface area contributed by atoms with Crippen LogP contribution in [0.2, 0.25) is 0 Å². The fraction of sp³-hybridized carbons (Fsp3) is 0.125. The van der Waals surface area contributed by atoms with Crippen LogP contribution in [0.25, 0.3) is 11.3 Å². The predicted molar refractivity (Wildman–Crippen MR) is 130 cm³/mol. The van der Waals surface area contributed by atoms with Gasteiger partial charge in [-0.15, -0.1) is 22.7 Å². The molecule has 0 bridgehead atoms. The van der Waals surface area contributed by atoms with Crippen LogP contribution in [0.5, 0.6) is 5.75 Å². The first-order valence-corrected chi connectivity index (χ1v) is 11.8.